The van der Waals surface area contributed by atoms with Crippen LogP contribution in [0.3, 0.4) is 0 Å². The van der Waals surface area contributed by atoms with Crippen molar-refractivity contribution in [1.29, 1.82) is 0 Å². The third-order valence-corrected chi connectivity index (χ3v) is 2.01. The largest absolute Gasteiger partial charge is 0.273 e. The van der Waals surface area contributed by atoms with Crippen molar-refractivity contribution in [2.75, 3.05) is 0 Å². The van der Waals surface area contributed by atoms with Gasteiger partial charge >= 0.3 is 0 Å². The fourth-order valence-electron chi connectivity index (χ4n) is 1.50. The number of aromatic nitrogens is 3. The highest BCUT2D eigenvalue weighted by atomic mass is 19.3. The SMILES string of the molecule is FC1(F)Cc2ncnn2CC(F)(F)C1. The van der Waals surface area contributed by atoms with Crippen molar-refractivity contribution in [3.05, 3.63) is 12.2 Å². The van der Waals surface area contributed by atoms with Crippen LogP contribution in [0.1, 0.15) is 12.2 Å². The minimum atomic E-state index is -3.43. The quantitative estimate of drug-likeness (QED) is 0.606. The Morgan fingerprint density at radius 2 is 1.93 bits per heavy atom. The van der Waals surface area contributed by atoms with Gasteiger partial charge in [-0.25, -0.2) is 27.2 Å². The van der Waals surface area contributed by atoms with E-state index in [2.05, 4.69) is 10.1 Å². The van der Waals surface area contributed by atoms with Crippen molar-refractivity contribution in [2.24, 2.45) is 0 Å². The summed E-state index contributed by atoms with van der Waals surface area (Å²) in [6.45, 7) is -0.822. The summed E-state index contributed by atoms with van der Waals surface area (Å²) in [7, 11) is 0. The van der Waals surface area contributed by atoms with Gasteiger partial charge in [-0.05, 0) is 0 Å². The van der Waals surface area contributed by atoms with Gasteiger partial charge in [0.1, 0.15) is 18.7 Å². The van der Waals surface area contributed by atoms with Crippen molar-refractivity contribution in [3.63, 3.8) is 0 Å². The monoisotopic (exact) mass is 209 g/mol. The Hall–Kier alpha value is -1.14. The fourth-order valence-corrected chi connectivity index (χ4v) is 1.50. The molecule has 0 spiro atoms. The second-order valence-corrected chi connectivity index (χ2v) is 3.40. The van der Waals surface area contributed by atoms with Gasteiger partial charge in [0.2, 0.25) is 0 Å². The Kier molecular flexibility index (Phi) is 1.80. The third kappa shape index (κ3) is 1.71. The van der Waals surface area contributed by atoms with Crippen LogP contribution in [0.25, 0.3) is 0 Å². The molecule has 1 aliphatic rings. The molecule has 0 atom stereocenters. The lowest BCUT2D eigenvalue weighted by Crippen LogP contribution is -2.30. The lowest BCUT2D eigenvalue weighted by atomic mass is 10.1. The van der Waals surface area contributed by atoms with Crippen molar-refractivity contribution in [3.8, 4) is 0 Å². The van der Waals surface area contributed by atoms with E-state index in [9.17, 15) is 17.6 Å². The van der Waals surface area contributed by atoms with E-state index in [1.54, 1.807) is 0 Å². The maximum atomic E-state index is 13.0. The van der Waals surface area contributed by atoms with E-state index in [0.29, 0.717) is 0 Å². The van der Waals surface area contributed by atoms with Crippen molar-refractivity contribution in [1.82, 2.24) is 14.8 Å². The molecular formula is C7H7F4N3. The first-order valence-electron chi connectivity index (χ1n) is 4.00. The summed E-state index contributed by atoms with van der Waals surface area (Å²) in [5, 5.41) is 3.47. The van der Waals surface area contributed by atoms with Gasteiger partial charge in [0.05, 0.1) is 12.8 Å². The van der Waals surface area contributed by atoms with Crippen LogP contribution in [0.15, 0.2) is 6.33 Å². The highest BCUT2D eigenvalue weighted by Crippen LogP contribution is 2.36. The molecule has 0 aromatic carbocycles. The van der Waals surface area contributed by atoms with Crippen LogP contribution in [0.2, 0.25) is 0 Å². The van der Waals surface area contributed by atoms with Gasteiger partial charge in [0.15, 0.2) is 0 Å². The minimum Gasteiger partial charge on any atom is -0.244 e. The molecule has 1 aromatic rings. The summed E-state index contributed by atoms with van der Waals surface area (Å²) in [5.41, 5.74) is 0. The highest BCUT2D eigenvalue weighted by molar-refractivity contribution is 4.97. The van der Waals surface area contributed by atoms with Gasteiger partial charge < -0.3 is 0 Å². The van der Waals surface area contributed by atoms with Gasteiger partial charge in [-0.15, -0.1) is 0 Å². The lowest BCUT2D eigenvalue weighted by Gasteiger charge is -2.17. The molecule has 0 aliphatic carbocycles. The maximum absolute atomic E-state index is 13.0. The van der Waals surface area contributed by atoms with Gasteiger partial charge in [0, 0.05) is 0 Å². The highest BCUT2D eigenvalue weighted by Gasteiger charge is 2.47. The molecule has 0 amide bonds. The molecule has 78 valence electrons. The van der Waals surface area contributed by atoms with Crippen LogP contribution in [-0.2, 0) is 13.0 Å². The molecule has 1 aromatic heterocycles. The van der Waals surface area contributed by atoms with Crippen LogP contribution in [0.4, 0.5) is 17.6 Å². The predicted octanol–water partition coefficient (Wildman–Crippen LogP) is 1.49. The summed E-state index contributed by atoms with van der Waals surface area (Å²) in [5.74, 6) is -6.93. The number of rotatable bonds is 0. The van der Waals surface area contributed by atoms with Crippen LogP contribution in [0.5, 0.6) is 0 Å². The average Bonchev–Trinajstić information content (AvgIpc) is 2.28. The molecule has 2 heterocycles. The molecule has 0 bridgehead atoms. The number of nitrogens with zero attached hydrogens (tertiary/aromatic N) is 3. The van der Waals surface area contributed by atoms with Crippen molar-refractivity contribution >= 4 is 0 Å². The molecule has 0 saturated carbocycles. The van der Waals surface area contributed by atoms with Crippen LogP contribution < -0.4 is 0 Å². The van der Waals surface area contributed by atoms with Crippen molar-refractivity contribution in [2.45, 2.75) is 31.2 Å². The Bertz CT molecular complexity index is 316. The number of alkyl halides is 4. The van der Waals surface area contributed by atoms with Crippen LogP contribution in [0, 0.1) is 0 Å². The molecule has 2 rings (SSSR count). The molecule has 0 saturated heterocycles. The Morgan fingerprint density at radius 1 is 1.21 bits per heavy atom. The summed E-state index contributed by atoms with van der Waals surface area (Å²) < 4.78 is 52.6. The first-order valence-corrected chi connectivity index (χ1v) is 4.00. The zero-order valence-corrected chi connectivity index (χ0v) is 7.05. The first kappa shape index (κ1) is 9.42. The van der Waals surface area contributed by atoms with Crippen molar-refractivity contribution < 1.29 is 17.6 Å². The molecular weight excluding hydrogens is 202 g/mol. The second kappa shape index (κ2) is 2.68. The second-order valence-electron chi connectivity index (χ2n) is 3.40. The molecule has 14 heavy (non-hydrogen) atoms. The van der Waals surface area contributed by atoms with Gasteiger partial charge in [-0.3, -0.25) is 0 Å². The molecule has 0 unspecified atom stereocenters. The number of fused-ring (bicyclic) bond motifs is 1. The smallest absolute Gasteiger partial charge is 0.244 e. The summed E-state index contributed by atoms with van der Waals surface area (Å²) in [4.78, 5) is 3.52. The normalized spacial score (nSPS) is 24.0. The minimum absolute atomic E-state index is 0.0906. The zero-order valence-electron chi connectivity index (χ0n) is 7.05. The molecule has 0 N–H and O–H groups in total. The molecule has 0 radical (unpaired) electrons. The van der Waals surface area contributed by atoms with E-state index < -0.39 is 31.2 Å². The number of hydrogen-bond donors (Lipinski definition) is 0. The first-order chi connectivity index (χ1) is 6.38. The van der Waals surface area contributed by atoms with E-state index in [1.807, 2.05) is 0 Å². The lowest BCUT2D eigenvalue weighted by molar-refractivity contribution is -0.110. The maximum Gasteiger partial charge on any atom is 0.273 e. The Labute approximate surface area is 76.7 Å². The number of hydrogen-bond acceptors (Lipinski definition) is 2. The van der Waals surface area contributed by atoms with E-state index in [1.165, 1.54) is 0 Å². The molecule has 0 fully saturated rings. The van der Waals surface area contributed by atoms with E-state index in [4.69, 9.17) is 0 Å². The summed E-state index contributed by atoms with van der Waals surface area (Å²) in [6.07, 6.45) is -1.21. The molecule has 3 nitrogen and oxygen atoms in total. The summed E-state index contributed by atoms with van der Waals surface area (Å²) in [6, 6.07) is 0. The number of halogens is 4. The Morgan fingerprint density at radius 3 is 2.64 bits per heavy atom. The van der Waals surface area contributed by atoms with E-state index in [0.717, 1.165) is 11.0 Å². The van der Waals surface area contributed by atoms with E-state index >= 15 is 0 Å². The summed E-state index contributed by atoms with van der Waals surface area (Å²) >= 11 is 0. The van der Waals surface area contributed by atoms with E-state index in [-0.39, 0.29) is 5.82 Å². The van der Waals surface area contributed by atoms with Gasteiger partial charge in [-0.2, -0.15) is 5.10 Å². The van der Waals surface area contributed by atoms with Crippen LogP contribution >= 0.6 is 0 Å². The topological polar surface area (TPSA) is 30.7 Å². The zero-order chi connectivity index (χ0) is 10.4. The average molecular weight is 209 g/mol. The van der Waals surface area contributed by atoms with Gasteiger partial charge in [0.25, 0.3) is 11.8 Å². The molecule has 1 aliphatic heterocycles. The Balaban J connectivity index is 2.39. The van der Waals surface area contributed by atoms with Gasteiger partial charge in [-0.1, -0.05) is 0 Å². The predicted molar refractivity (Wildman–Crippen MR) is 38.2 cm³/mol. The standard InChI is InChI=1S/C7H7F4N3/c8-6(9)1-5-12-4-13-14(5)3-7(10,11)2-6/h4H,1-3H2. The fraction of sp³-hybridized carbons (Fsp3) is 0.714. The third-order valence-electron chi connectivity index (χ3n) is 2.01. The molecule has 7 heteroatoms. The van der Waals surface area contributed by atoms with Crippen LogP contribution in [-0.4, -0.2) is 26.6 Å².